The average Bonchev–Trinajstić information content (AvgIpc) is 2.84. The Balaban J connectivity index is 1.82. The van der Waals surface area contributed by atoms with Crippen molar-refractivity contribution in [2.75, 3.05) is 6.61 Å². The van der Waals surface area contributed by atoms with Crippen LogP contribution >= 0.6 is 0 Å². The first-order valence-electron chi connectivity index (χ1n) is 5.14. The Morgan fingerprint density at radius 2 is 2.67 bits per heavy atom. The Hall–Kier alpha value is -1.36. The van der Waals surface area contributed by atoms with E-state index in [-0.39, 0.29) is 17.9 Å². The molecular weight excluding hydrogens is 194 g/mol. The highest BCUT2D eigenvalue weighted by molar-refractivity contribution is 5.79. The molecule has 0 aliphatic carbocycles. The summed E-state index contributed by atoms with van der Waals surface area (Å²) in [5, 5.41) is 2.87. The first-order chi connectivity index (χ1) is 7.27. The Kier molecular flexibility index (Phi) is 3.01. The van der Waals surface area contributed by atoms with Gasteiger partial charge in [-0.3, -0.25) is 4.79 Å². The second-order valence-electron chi connectivity index (χ2n) is 3.77. The molecule has 1 aromatic heterocycles. The van der Waals surface area contributed by atoms with Gasteiger partial charge >= 0.3 is 0 Å². The van der Waals surface area contributed by atoms with Gasteiger partial charge in [0.2, 0.25) is 5.91 Å². The molecule has 1 aliphatic heterocycles. The number of H-pyrrole nitrogens is 1. The summed E-state index contributed by atoms with van der Waals surface area (Å²) in [6.45, 7) is 3.12. The minimum atomic E-state index is -0.00655. The fourth-order valence-electron chi connectivity index (χ4n) is 1.77. The first kappa shape index (κ1) is 10.2. The van der Waals surface area contributed by atoms with Crippen molar-refractivity contribution in [1.82, 2.24) is 15.3 Å². The molecule has 15 heavy (non-hydrogen) atoms. The van der Waals surface area contributed by atoms with Gasteiger partial charge in [0, 0.05) is 12.8 Å². The molecule has 1 saturated heterocycles. The van der Waals surface area contributed by atoms with Crippen molar-refractivity contribution in [2.45, 2.75) is 26.0 Å². The molecule has 0 radical (unpaired) electrons. The number of amides is 1. The fourth-order valence-corrected chi connectivity index (χ4v) is 1.77. The van der Waals surface area contributed by atoms with Crippen LogP contribution in [0.15, 0.2) is 12.5 Å². The molecule has 1 amide bonds. The van der Waals surface area contributed by atoms with E-state index < -0.39 is 0 Å². The van der Waals surface area contributed by atoms with Crippen molar-refractivity contribution in [2.24, 2.45) is 5.92 Å². The lowest BCUT2D eigenvalue weighted by Gasteiger charge is -2.13. The van der Waals surface area contributed by atoms with E-state index >= 15 is 0 Å². The van der Waals surface area contributed by atoms with Gasteiger partial charge in [0.15, 0.2) is 0 Å². The summed E-state index contributed by atoms with van der Waals surface area (Å²) in [4.78, 5) is 18.5. The first-order valence-corrected chi connectivity index (χ1v) is 5.14. The van der Waals surface area contributed by atoms with Gasteiger partial charge in [0.1, 0.15) is 0 Å². The molecule has 5 heteroatoms. The maximum Gasteiger partial charge on any atom is 0.226 e. The topological polar surface area (TPSA) is 67.0 Å². The number of carbonyl (C=O) groups excluding carboxylic acids is 1. The molecule has 2 N–H and O–H groups in total. The van der Waals surface area contributed by atoms with Crippen LogP contribution in [-0.2, 0) is 16.1 Å². The van der Waals surface area contributed by atoms with Crippen LogP contribution in [0, 0.1) is 5.92 Å². The van der Waals surface area contributed by atoms with Crippen molar-refractivity contribution in [3.8, 4) is 0 Å². The van der Waals surface area contributed by atoms with Gasteiger partial charge < -0.3 is 15.0 Å². The van der Waals surface area contributed by atoms with Crippen molar-refractivity contribution >= 4 is 5.91 Å². The van der Waals surface area contributed by atoms with Gasteiger partial charge in [-0.15, -0.1) is 0 Å². The smallest absolute Gasteiger partial charge is 0.226 e. The highest BCUT2D eigenvalue weighted by atomic mass is 16.5. The van der Waals surface area contributed by atoms with Crippen molar-refractivity contribution < 1.29 is 9.53 Å². The quantitative estimate of drug-likeness (QED) is 0.759. The number of hydrogen-bond acceptors (Lipinski definition) is 3. The van der Waals surface area contributed by atoms with Crippen LogP contribution in [0.5, 0.6) is 0 Å². The summed E-state index contributed by atoms with van der Waals surface area (Å²) in [6.07, 6.45) is 4.15. The molecule has 2 rings (SSSR count). The molecule has 0 aromatic carbocycles. The molecule has 82 valence electrons. The van der Waals surface area contributed by atoms with Crippen molar-refractivity contribution in [1.29, 1.82) is 0 Å². The number of imidazole rings is 1. The van der Waals surface area contributed by atoms with Gasteiger partial charge in [-0.1, -0.05) is 0 Å². The standard InChI is InChI=1S/C10H15N3O2/c1-7-9(2-3-15-7)10(14)12-5-8-4-11-6-13-8/h4,6-7,9H,2-3,5H2,1H3,(H,11,13)(H,12,14). The third-order valence-corrected chi connectivity index (χ3v) is 2.72. The zero-order valence-electron chi connectivity index (χ0n) is 8.69. The van der Waals surface area contributed by atoms with E-state index in [4.69, 9.17) is 4.74 Å². The van der Waals surface area contributed by atoms with Gasteiger partial charge in [0.05, 0.1) is 30.6 Å². The van der Waals surface area contributed by atoms with E-state index in [0.717, 1.165) is 12.1 Å². The maximum absolute atomic E-state index is 11.7. The SMILES string of the molecule is CC1OCCC1C(=O)NCc1cnc[nH]1. The van der Waals surface area contributed by atoms with Crippen molar-refractivity contribution in [3.63, 3.8) is 0 Å². The molecule has 2 atom stereocenters. The molecule has 2 unspecified atom stereocenters. The predicted molar refractivity (Wildman–Crippen MR) is 54.0 cm³/mol. The number of nitrogens with zero attached hydrogens (tertiary/aromatic N) is 1. The van der Waals surface area contributed by atoms with Crippen LogP contribution in [0.3, 0.4) is 0 Å². The largest absolute Gasteiger partial charge is 0.378 e. The van der Waals surface area contributed by atoms with Crippen LogP contribution in [-0.4, -0.2) is 28.6 Å². The lowest BCUT2D eigenvalue weighted by molar-refractivity contribution is -0.126. The molecule has 1 aliphatic rings. The summed E-state index contributed by atoms with van der Waals surface area (Å²) in [5.74, 6) is 0.0579. The van der Waals surface area contributed by atoms with E-state index in [2.05, 4.69) is 15.3 Å². The monoisotopic (exact) mass is 209 g/mol. The third kappa shape index (κ3) is 2.36. The third-order valence-electron chi connectivity index (χ3n) is 2.72. The van der Waals surface area contributed by atoms with Gasteiger partial charge in [-0.2, -0.15) is 0 Å². The molecular formula is C10H15N3O2. The van der Waals surface area contributed by atoms with Gasteiger partial charge in [0.25, 0.3) is 0 Å². The lowest BCUT2D eigenvalue weighted by Crippen LogP contribution is -2.33. The fraction of sp³-hybridized carbons (Fsp3) is 0.600. The Morgan fingerprint density at radius 3 is 3.27 bits per heavy atom. The number of nitrogens with one attached hydrogen (secondary N) is 2. The van der Waals surface area contributed by atoms with E-state index in [1.165, 1.54) is 0 Å². The summed E-state index contributed by atoms with van der Waals surface area (Å²) in [7, 11) is 0. The molecule has 0 spiro atoms. The molecule has 1 fully saturated rings. The van der Waals surface area contributed by atoms with Crippen molar-refractivity contribution in [3.05, 3.63) is 18.2 Å². The normalized spacial score (nSPS) is 25.4. The summed E-state index contributed by atoms with van der Waals surface area (Å²) < 4.78 is 5.34. The number of rotatable bonds is 3. The highest BCUT2D eigenvalue weighted by Gasteiger charge is 2.30. The number of aromatic nitrogens is 2. The van der Waals surface area contributed by atoms with Gasteiger partial charge in [-0.05, 0) is 13.3 Å². The minimum absolute atomic E-state index is 0.00655. The summed E-state index contributed by atoms with van der Waals surface area (Å²) >= 11 is 0. The Labute approximate surface area is 88.2 Å². The van der Waals surface area contributed by atoms with Crippen LogP contribution in [0.25, 0.3) is 0 Å². The van der Waals surface area contributed by atoms with E-state index in [9.17, 15) is 4.79 Å². The number of aromatic amines is 1. The Morgan fingerprint density at radius 1 is 1.80 bits per heavy atom. The predicted octanol–water partition coefficient (Wildman–Crippen LogP) is 0.451. The molecule has 2 heterocycles. The number of carbonyl (C=O) groups is 1. The van der Waals surface area contributed by atoms with E-state index in [0.29, 0.717) is 13.2 Å². The van der Waals surface area contributed by atoms with E-state index in [1.54, 1.807) is 12.5 Å². The summed E-state index contributed by atoms with van der Waals surface area (Å²) in [6, 6.07) is 0. The zero-order chi connectivity index (χ0) is 10.7. The molecule has 0 bridgehead atoms. The second-order valence-corrected chi connectivity index (χ2v) is 3.77. The minimum Gasteiger partial charge on any atom is -0.378 e. The average molecular weight is 209 g/mol. The van der Waals surface area contributed by atoms with Crippen LogP contribution in [0.1, 0.15) is 19.0 Å². The molecule has 1 aromatic rings. The Bertz CT molecular complexity index is 323. The van der Waals surface area contributed by atoms with Crippen LogP contribution < -0.4 is 5.32 Å². The maximum atomic E-state index is 11.7. The van der Waals surface area contributed by atoms with E-state index in [1.807, 2.05) is 6.92 Å². The second kappa shape index (κ2) is 4.44. The number of ether oxygens (including phenoxy) is 1. The zero-order valence-corrected chi connectivity index (χ0v) is 8.69. The number of hydrogen-bond donors (Lipinski definition) is 2. The molecule has 0 saturated carbocycles. The van der Waals surface area contributed by atoms with Crippen LogP contribution in [0.2, 0.25) is 0 Å². The highest BCUT2D eigenvalue weighted by Crippen LogP contribution is 2.20. The van der Waals surface area contributed by atoms with Gasteiger partial charge in [-0.25, -0.2) is 4.98 Å². The summed E-state index contributed by atoms with van der Waals surface area (Å²) in [5.41, 5.74) is 0.912. The molecule has 5 nitrogen and oxygen atoms in total. The van der Waals surface area contributed by atoms with Crippen LogP contribution in [0.4, 0.5) is 0 Å². The lowest BCUT2D eigenvalue weighted by atomic mass is 10.0.